The summed E-state index contributed by atoms with van der Waals surface area (Å²) >= 11 is 6.45. The molecule has 4 rings (SSSR count). The fraction of sp³-hybridized carbons (Fsp3) is 0. The highest BCUT2D eigenvalue weighted by Gasteiger charge is 2.15. The van der Waals surface area contributed by atoms with E-state index in [0.29, 0.717) is 5.02 Å². The van der Waals surface area contributed by atoms with Gasteiger partial charge in [0.05, 0.1) is 11.4 Å². The van der Waals surface area contributed by atoms with Crippen LogP contribution in [0.15, 0.2) is 102 Å². The van der Waals surface area contributed by atoms with Crippen LogP contribution in [0.2, 0.25) is 5.02 Å². The van der Waals surface area contributed by atoms with Gasteiger partial charge in [-0.15, -0.1) is 0 Å². The summed E-state index contributed by atoms with van der Waals surface area (Å²) in [6, 6.07) is 30.8. The van der Waals surface area contributed by atoms with Gasteiger partial charge in [-0.2, -0.15) is 0 Å². The summed E-state index contributed by atoms with van der Waals surface area (Å²) in [4.78, 5) is 12.5. The fourth-order valence-electron chi connectivity index (χ4n) is 3.11. The van der Waals surface area contributed by atoms with Crippen LogP contribution in [-0.2, 0) is 0 Å². The fourth-order valence-corrected chi connectivity index (χ4v) is 3.35. The van der Waals surface area contributed by atoms with Crippen molar-refractivity contribution >= 4 is 11.6 Å². The highest BCUT2D eigenvalue weighted by Crippen LogP contribution is 2.32. The molecule has 0 amide bonds. The molecule has 3 aromatic carbocycles. The third kappa shape index (κ3) is 3.07. The molecule has 2 nitrogen and oxygen atoms in total. The molecule has 4 aromatic rings. The van der Waals surface area contributed by atoms with E-state index in [2.05, 4.69) is 4.57 Å². The molecule has 0 saturated heterocycles. The lowest BCUT2D eigenvalue weighted by molar-refractivity contribution is 1.06. The second-order valence-corrected chi connectivity index (χ2v) is 6.39. The number of halogens is 1. The molecule has 0 saturated carbocycles. The molecular weight excluding hydrogens is 342 g/mol. The van der Waals surface area contributed by atoms with Gasteiger partial charge in [-0.1, -0.05) is 78.3 Å². The van der Waals surface area contributed by atoms with E-state index in [-0.39, 0.29) is 5.43 Å². The monoisotopic (exact) mass is 357 g/mol. The Kier molecular flexibility index (Phi) is 4.42. The Balaban J connectivity index is 2.11. The van der Waals surface area contributed by atoms with Crippen molar-refractivity contribution < 1.29 is 0 Å². The summed E-state index contributed by atoms with van der Waals surface area (Å²) in [5.74, 6) is 0. The third-order valence-corrected chi connectivity index (χ3v) is 4.60. The van der Waals surface area contributed by atoms with E-state index in [1.807, 2.05) is 84.9 Å². The van der Waals surface area contributed by atoms with Crippen molar-refractivity contribution in [1.82, 2.24) is 4.57 Å². The van der Waals surface area contributed by atoms with E-state index in [1.165, 1.54) is 0 Å². The molecular formula is C23H16ClNO. The molecule has 1 heterocycles. The maximum atomic E-state index is 12.5. The number of hydrogen-bond acceptors (Lipinski definition) is 1. The normalized spacial score (nSPS) is 10.7. The van der Waals surface area contributed by atoms with Gasteiger partial charge >= 0.3 is 0 Å². The second-order valence-electron chi connectivity index (χ2n) is 5.98. The number of nitrogens with zero attached hydrogens (tertiary/aromatic N) is 1. The van der Waals surface area contributed by atoms with Gasteiger partial charge in [0.15, 0.2) is 5.43 Å². The van der Waals surface area contributed by atoms with E-state index in [1.54, 1.807) is 12.1 Å². The summed E-state index contributed by atoms with van der Waals surface area (Å²) < 4.78 is 2.08. The topological polar surface area (TPSA) is 22.0 Å². The van der Waals surface area contributed by atoms with Crippen LogP contribution in [0.1, 0.15) is 0 Å². The van der Waals surface area contributed by atoms with Crippen molar-refractivity contribution in [2.75, 3.05) is 0 Å². The van der Waals surface area contributed by atoms with Crippen LogP contribution >= 0.6 is 11.6 Å². The zero-order valence-electron chi connectivity index (χ0n) is 14.0. The summed E-state index contributed by atoms with van der Waals surface area (Å²) in [7, 11) is 0. The average molecular weight is 358 g/mol. The first kappa shape index (κ1) is 16.4. The minimum Gasteiger partial charge on any atom is -0.309 e. The molecule has 0 spiro atoms. The first-order valence-corrected chi connectivity index (χ1v) is 8.75. The molecule has 0 radical (unpaired) electrons. The maximum absolute atomic E-state index is 12.5. The smallest absolute Gasteiger partial charge is 0.182 e. The number of aromatic nitrogens is 1. The minimum atomic E-state index is -0.0500. The number of benzene rings is 3. The van der Waals surface area contributed by atoms with Crippen LogP contribution in [0.25, 0.3) is 28.2 Å². The quantitative estimate of drug-likeness (QED) is 0.452. The molecule has 1 aromatic heterocycles. The molecule has 0 aliphatic rings. The number of para-hydroxylation sites is 1. The van der Waals surface area contributed by atoms with Crippen LogP contribution < -0.4 is 5.43 Å². The number of rotatable bonds is 3. The third-order valence-electron chi connectivity index (χ3n) is 4.27. The highest BCUT2D eigenvalue weighted by molar-refractivity contribution is 6.33. The Morgan fingerprint density at radius 2 is 1.23 bits per heavy atom. The number of pyridine rings is 1. The van der Waals surface area contributed by atoms with Gasteiger partial charge in [-0.3, -0.25) is 4.79 Å². The summed E-state index contributed by atoms with van der Waals surface area (Å²) in [5, 5.41) is 0.613. The largest absolute Gasteiger partial charge is 0.309 e. The van der Waals surface area contributed by atoms with Crippen molar-refractivity contribution in [3.8, 4) is 28.2 Å². The standard InChI is InChI=1S/C23H16ClNO/c24-21-14-8-7-13-20(21)23-16-19(26)15-22(17-9-3-1-4-10-17)25(23)18-11-5-2-6-12-18/h1-16H. The van der Waals surface area contributed by atoms with Crippen LogP contribution in [-0.4, -0.2) is 4.57 Å². The van der Waals surface area contributed by atoms with E-state index in [9.17, 15) is 4.79 Å². The molecule has 0 bridgehead atoms. The summed E-state index contributed by atoms with van der Waals surface area (Å²) in [6.07, 6.45) is 0. The zero-order chi connectivity index (χ0) is 17.9. The van der Waals surface area contributed by atoms with Gasteiger partial charge in [0, 0.05) is 28.4 Å². The Labute approximate surface area is 156 Å². The Bertz CT molecular complexity index is 1100. The SMILES string of the molecule is O=c1cc(-c2ccccc2)n(-c2ccccc2)c(-c2ccccc2Cl)c1. The first-order valence-electron chi connectivity index (χ1n) is 8.37. The lowest BCUT2D eigenvalue weighted by atomic mass is 10.1. The van der Waals surface area contributed by atoms with Gasteiger partial charge in [-0.05, 0) is 23.8 Å². The van der Waals surface area contributed by atoms with Crippen molar-refractivity contribution in [2.24, 2.45) is 0 Å². The average Bonchev–Trinajstić information content (AvgIpc) is 2.69. The summed E-state index contributed by atoms with van der Waals surface area (Å²) in [6.45, 7) is 0. The second kappa shape index (κ2) is 7.03. The van der Waals surface area contributed by atoms with Crippen molar-refractivity contribution in [2.45, 2.75) is 0 Å². The van der Waals surface area contributed by atoms with Crippen LogP contribution in [0.5, 0.6) is 0 Å². The van der Waals surface area contributed by atoms with Crippen molar-refractivity contribution in [3.05, 3.63) is 112 Å². The van der Waals surface area contributed by atoms with Gasteiger partial charge in [0.2, 0.25) is 0 Å². The minimum absolute atomic E-state index is 0.0500. The van der Waals surface area contributed by atoms with Gasteiger partial charge in [-0.25, -0.2) is 0 Å². The molecule has 0 unspecified atom stereocenters. The molecule has 126 valence electrons. The molecule has 3 heteroatoms. The van der Waals surface area contributed by atoms with E-state index < -0.39 is 0 Å². The molecule has 0 atom stereocenters. The van der Waals surface area contributed by atoms with Crippen LogP contribution in [0.4, 0.5) is 0 Å². The Morgan fingerprint density at radius 3 is 1.92 bits per heavy atom. The molecule has 26 heavy (non-hydrogen) atoms. The Hall–Kier alpha value is -3.10. The summed E-state index contributed by atoms with van der Waals surface area (Å²) in [5.41, 5.74) is 4.33. The Morgan fingerprint density at radius 1 is 0.654 bits per heavy atom. The lowest BCUT2D eigenvalue weighted by Crippen LogP contribution is -2.11. The van der Waals surface area contributed by atoms with Crippen molar-refractivity contribution in [3.63, 3.8) is 0 Å². The molecule has 0 aliphatic carbocycles. The predicted molar refractivity (Wildman–Crippen MR) is 108 cm³/mol. The highest BCUT2D eigenvalue weighted by atomic mass is 35.5. The van der Waals surface area contributed by atoms with E-state index in [4.69, 9.17) is 11.6 Å². The predicted octanol–water partition coefficient (Wildman–Crippen LogP) is 5.82. The lowest BCUT2D eigenvalue weighted by Gasteiger charge is -2.20. The van der Waals surface area contributed by atoms with Crippen LogP contribution in [0.3, 0.4) is 0 Å². The van der Waals surface area contributed by atoms with Crippen molar-refractivity contribution in [1.29, 1.82) is 0 Å². The van der Waals surface area contributed by atoms with Gasteiger partial charge < -0.3 is 4.57 Å². The molecule has 0 fully saturated rings. The van der Waals surface area contributed by atoms with E-state index >= 15 is 0 Å². The maximum Gasteiger partial charge on any atom is 0.182 e. The zero-order valence-corrected chi connectivity index (χ0v) is 14.7. The van der Waals surface area contributed by atoms with Gasteiger partial charge in [0.1, 0.15) is 0 Å². The molecule has 0 N–H and O–H groups in total. The first-order chi connectivity index (χ1) is 12.7. The number of hydrogen-bond donors (Lipinski definition) is 0. The van der Waals surface area contributed by atoms with Crippen LogP contribution in [0, 0.1) is 0 Å². The van der Waals surface area contributed by atoms with Gasteiger partial charge in [0.25, 0.3) is 0 Å². The molecule has 0 aliphatic heterocycles. The van der Waals surface area contributed by atoms with E-state index in [0.717, 1.165) is 28.2 Å².